The van der Waals surface area contributed by atoms with Crippen molar-refractivity contribution in [3.63, 3.8) is 0 Å². The number of aliphatic hydroxyl groups is 1. The Morgan fingerprint density at radius 2 is 2.04 bits per heavy atom. The van der Waals surface area contributed by atoms with Crippen LogP contribution >= 0.6 is 0 Å². The number of rotatable bonds is 3. The molecule has 1 aromatic heterocycles. The van der Waals surface area contributed by atoms with Crippen LogP contribution in [0.3, 0.4) is 0 Å². The number of likely N-dealkylation sites (tertiary alicyclic amines) is 1. The Kier molecular flexibility index (Phi) is 4.16. The van der Waals surface area contributed by atoms with Gasteiger partial charge in [-0.3, -0.25) is 4.90 Å². The van der Waals surface area contributed by atoms with Gasteiger partial charge >= 0.3 is 6.18 Å². The molecule has 0 radical (unpaired) electrons. The first-order valence-corrected chi connectivity index (χ1v) is 7.39. The molecule has 124 valence electrons. The highest BCUT2D eigenvalue weighted by molar-refractivity contribution is 5.33. The van der Waals surface area contributed by atoms with Crippen LogP contribution in [0.25, 0.3) is 0 Å². The molecule has 23 heavy (non-hydrogen) atoms. The van der Waals surface area contributed by atoms with Crippen molar-refractivity contribution in [2.75, 3.05) is 6.54 Å². The summed E-state index contributed by atoms with van der Waals surface area (Å²) in [7, 11) is 1.84. The number of hydrogen-bond donors (Lipinski definition) is 1. The summed E-state index contributed by atoms with van der Waals surface area (Å²) in [5, 5.41) is 9.98. The van der Waals surface area contributed by atoms with E-state index in [9.17, 15) is 18.3 Å². The Balaban J connectivity index is 1.93. The maximum atomic E-state index is 13.3. The van der Waals surface area contributed by atoms with E-state index in [0.717, 1.165) is 11.8 Å². The molecule has 1 aromatic carbocycles. The third kappa shape index (κ3) is 3.25. The molecule has 2 atom stereocenters. The van der Waals surface area contributed by atoms with Gasteiger partial charge in [0.15, 0.2) is 0 Å². The zero-order chi connectivity index (χ0) is 16.6. The van der Waals surface area contributed by atoms with Crippen LogP contribution in [0.5, 0.6) is 0 Å². The van der Waals surface area contributed by atoms with E-state index in [1.807, 2.05) is 16.5 Å². The van der Waals surface area contributed by atoms with Crippen molar-refractivity contribution in [1.82, 2.24) is 14.5 Å². The zero-order valence-electron chi connectivity index (χ0n) is 12.7. The Labute approximate surface area is 132 Å². The van der Waals surface area contributed by atoms with Crippen molar-refractivity contribution in [3.8, 4) is 0 Å². The SMILES string of the molecule is Cn1cncc1CN1CC(O)CC1c1ccccc1C(F)(F)F. The van der Waals surface area contributed by atoms with Crippen LogP contribution < -0.4 is 0 Å². The molecule has 0 saturated carbocycles. The highest BCUT2D eigenvalue weighted by Gasteiger charge is 2.39. The molecule has 0 spiro atoms. The molecule has 1 aliphatic rings. The van der Waals surface area contributed by atoms with Crippen molar-refractivity contribution >= 4 is 0 Å². The van der Waals surface area contributed by atoms with E-state index >= 15 is 0 Å². The first kappa shape index (κ1) is 16.0. The average molecular weight is 325 g/mol. The van der Waals surface area contributed by atoms with Gasteiger partial charge < -0.3 is 9.67 Å². The summed E-state index contributed by atoms with van der Waals surface area (Å²) in [4.78, 5) is 5.91. The van der Waals surface area contributed by atoms with E-state index in [1.54, 1.807) is 18.6 Å². The van der Waals surface area contributed by atoms with Gasteiger partial charge in [0.25, 0.3) is 0 Å². The van der Waals surface area contributed by atoms with E-state index < -0.39 is 23.9 Å². The molecule has 4 nitrogen and oxygen atoms in total. The highest BCUT2D eigenvalue weighted by atomic mass is 19.4. The van der Waals surface area contributed by atoms with Crippen molar-refractivity contribution in [2.24, 2.45) is 7.05 Å². The second-order valence-electron chi connectivity index (χ2n) is 5.92. The lowest BCUT2D eigenvalue weighted by Crippen LogP contribution is -2.26. The summed E-state index contributed by atoms with van der Waals surface area (Å²) in [5.41, 5.74) is 0.487. The molecule has 7 heteroatoms. The number of aliphatic hydroxyl groups excluding tert-OH is 1. The topological polar surface area (TPSA) is 41.3 Å². The third-order valence-corrected chi connectivity index (χ3v) is 4.29. The molecule has 1 fully saturated rings. The van der Waals surface area contributed by atoms with E-state index in [1.165, 1.54) is 12.1 Å². The Bertz CT molecular complexity index is 683. The van der Waals surface area contributed by atoms with Crippen LogP contribution in [0.2, 0.25) is 0 Å². The highest BCUT2D eigenvalue weighted by Crippen LogP contribution is 2.40. The number of aryl methyl sites for hydroxylation is 1. The maximum Gasteiger partial charge on any atom is 0.416 e. The van der Waals surface area contributed by atoms with Gasteiger partial charge in [0.05, 0.1) is 23.7 Å². The van der Waals surface area contributed by atoms with Gasteiger partial charge in [0, 0.05) is 32.4 Å². The van der Waals surface area contributed by atoms with Crippen LogP contribution in [-0.2, 0) is 19.8 Å². The molecule has 2 heterocycles. The van der Waals surface area contributed by atoms with Crippen molar-refractivity contribution in [1.29, 1.82) is 0 Å². The Hall–Kier alpha value is -1.86. The molecule has 1 saturated heterocycles. The molecule has 0 aliphatic carbocycles. The minimum Gasteiger partial charge on any atom is -0.392 e. The first-order chi connectivity index (χ1) is 10.9. The second-order valence-corrected chi connectivity index (χ2v) is 5.92. The summed E-state index contributed by atoms with van der Waals surface area (Å²) in [6, 6.07) is 5.14. The minimum atomic E-state index is -4.40. The lowest BCUT2D eigenvalue weighted by atomic mass is 9.97. The molecule has 3 rings (SSSR count). The van der Waals surface area contributed by atoms with Crippen LogP contribution in [0.1, 0.15) is 29.3 Å². The number of imidazole rings is 1. The molecule has 2 unspecified atom stereocenters. The standard InChI is InChI=1S/C16H18F3N3O/c1-21-10-20-7-11(21)8-22-9-12(23)6-15(22)13-4-2-3-5-14(13)16(17,18)19/h2-5,7,10,12,15,23H,6,8-9H2,1H3. The van der Waals surface area contributed by atoms with Gasteiger partial charge in [-0.15, -0.1) is 0 Å². The first-order valence-electron chi connectivity index (χ1n) is 7.39. The summed E-state index contributed by atoms with van der Waals surface area (Å²) in [6.07, 6.45) is -1.39. The number of halogens is 3. The van der Waals surface area contributed by atoms with Gasteiger partial charge in [-0.2, -0.15) is 13.2 Å². The molecular weight excluding hydrogens is 307 g/mol. The summed E-state index contributed by atoms with van der Waals surface area (Å²) in [6.45, 7) is 0.798. The fraction of sp³-hybridized carbons (Fsp3) is 0.438. The number of nitrogens with zero attached hydrogens (tertiary/aromatic N) is 3. The second kappa shape index (κ2) is 5.98. The lowest BCUT2D eigenvalue weighted by Gasteiger charge is -2.26. The van der Waals surface area contributed by atoms with E-state index in [4.69, 9.17) is 0 Å². The monoisotopic (exact) mass is 325 g/mol. The molecule has 0 bridgehead atoms. The zero-order valence-corrected chi connectivity index (χ0v) is 12.7. The Morgan fingerprint density at radius 1 is 1.30 bits per heavy atom. The fourth-order valence-corrected chi connectivity index (χ4v) is 3.17. The van der Waals surface area contributed by atoms with Crippen LogP contribution in [0.4, 0.5) is 13.2 Å². The summed E-state index contributed by atoms with van der Waals surface area (Å²) < 4.78 is 41.6. The molecular formula is C16H18F3N3O. The smallest absolute Gasteiger partial charge is 0.392 e. The minimum absolute atomic E-state index is 0.221. The average Bonchev–Trinajstić information content (AvgIpc) is 3.05. The Morgan fingerprint density at radius 3 is 2.70 bits per heavy atom. The van der Waals surface area contributed by atoms with Crippen LogP contribution in [0, 0.1) is 0 Å². The predicted octanol–water partition coefficient (Wildman–Crippen LogP) is 2.75. The maximum absolute atomic E-state index is 13.3. The molecule has 1 N–H and O–H groups in total. The van der Waals surface area contributed by atoms with Crippen LogP contribution in [-0.4, -0.2) is 32.2 Å². The fourth-order valence-electron chi connectivity index (χ4n) is 3.17. The van der Waals surface area contributed by atoms with E-state index in [2.05, 4.69) is 4.98 Å². The van der Waals surface area contributed by atoms with Gasteiger partial charge in [-0.05, 0) is 18.1 Å². The summed E-state index contributed by atoms with van der Waals surface area (Å²) >= 11 is 0. The third-order valence-electron chi connectivity index (χ3n) is 4.29. The largest absolute Gasteiger partial charge is 0.416 e. The predicted molar refractivity (Wildman–Crippen MR) is 78.4 cm³/mol. The normalized spacial score (nSPS) is 22.7. The molecule has 1 aliphatic heterocycles. The van der Waals surface area contributed by atoms with Crippen molar-refractivity contribution in [3.05, 3.63) is 53.6 Å². The molecule has 2 aromatic rings. The van der Waals surface area contributed by atoms with Gasteiger partial charge in [0.1, 0.15) is 0 Å². The van der Waals surface area contributed by atoms with Crippen molar-refractivity contribution < 1.29 is 18.3 Å². The van der Waals surface area contributed by atoms with Gasteiger partial charge in [0.2, 0.25) is 0 Å². The number of alkyl halides is 3. The molecule has 0 amide bonds. The summed E-state index contributed by atoms with van der Waals surface area (Å²) in [5.74, 6) is 0. The van der Waals surface area contributed by atoms with Gasteiger partial charge in [-0.1, -0.05) is 18.2 Å². The quantitative estimate of drug-likeness (QED) is 0.943. The van der Waals surface area contributed by atoms with E-state index in [-0.39, 0.29) is 5.56 Å². The van der Waals surface area contributed by atoms with Crippen molar-refractivity contribution in [2.45, 2.75) is 31.3 Å². The van der Waals surface area contributed by atoms with E-state index in [0.29, 0.717) is 19.5 Å². The van der Waals surface area contributed by atoms with Gasteiger partial charge in [-0.25, -0.2) is 4.98 Å². The number of β-amino-alcohol motifs (C(OH)–C–C–N with tert-alkyl or cyclic N) is 1. The lowest BCUT2D eigenvalue weighted by molar-refractivity contribution is -0.138. The number of aromatic nitrogens is 2. The number of hydrogen-bond acceptors (Lipinski definition) is 3. The van der Waals surface area contributed by atoms with Crippen LogP contribution in [0.15, 0.2) is 36.8 Å². The number of benzene rings is 1.